The number of nitrogens with one attached hydrogen (secondary N) is 1. The van der Waals surface area contributed by atoms with E-state index in [9.17, 15) is 14.7 Å². The van der Waals surface area contributed by atoms with E-state index in [-0.39, 0.29) is 17.1 Å². The third-order valence-corrected chi connectivity index (χ3v) is 3.26. The number of fused-ring (bicyclic) bond motifs is 1. The normalized spacial score (nSPS) is 21.2. The SMILES string of the molecule is CCCC=Cc1oc2c(c(=O)c1O)C(=O)NC2(C)OC. The highest BCUT2D eigenvalue weighted by Gasteiger charge is 2.45. The van der Waals surface area contributed by atoms with Gasteiger partial charge >= 0.3 is 0 Å². The summed E-state index contributed by atoms with van der Waals surface area (Å²) >= 11 is 0. The number of hydrogen-bond acceptors (Lipinski definition) is 5. The molecule has 6 nitrogen and oxygen atoms in total. The predicted octanol–water partition coefficient (Wildman–Crippen LogP) is 1.72. The number of aromatic hydroxyl groups is 1. The lowest BCUT2D eigenvalue weighted by Gasteiger charge is -2.21. The van der Waals surface area contributed by atoms with E-state index in [4.69, 9.17) is 9.15 Å². The summed E-state index contributed by atoms with van der Waals surface area (Å²) in [4.78, 5) is 23.9. The number of allylic oxidation sites excluding steroid dienone is 1. The summed E-state index contributed by atoms with van der Waals surface area (Å²) < 4.78 is 10.7. The highest BCUT2D eigenvalue weighted by atomic mass is 16.5. The Balaban J connectivity index is 2.61. The van der Waals surface area contributed by atoms with E-state index in [0.29, 0.717) is 0 Å². The maximum atomic E-state index is 12.1. The molecule has 20 heavy (non-hydrogen) atoms. The lowest BCUT2D eigenvalue weighted by atomic mass is 10.1. The fourth-order valence-corrected chi connectivity index (χ4v) is 2.03. The first-order valence-corrected chi connectivity index (χ1v) is 6.39. The van der Waals surface area contributed by atoms with Crippen LogP contribution in [-0.4, -0.2) is 18.1 Å². The summed E-state index contributed by atoms with van der Waals surface area (Å²) in [6.07, 6.45) is 5.04. The Labute approximate surface area is 116 Å². The minimum Gasteiger partial charge on any atom is -0.502 e. The van der Waals surface area contributed by atoms with Crippen molar-refractivity contribution in [3.8, 4) is 5.75 Å². The molecule has 108 valence electrons. The molecule has 0 aliphatic carbocycles. The molecule has 1 aliphatic heterocycles. The Morgan fingerprint density at radius 3 is 2.75 bits per heavy atom. The summed E-state index contributed by atoms with van der Waals surface area (Å²) in [5.41, 5.74) is -2.16. The van der Waals surface area contributed by atoms with Crippen molar-refractivity contribution in [1.82, 2.24) is 5.32 Å². The molecule has 0 radical (unpaired) electrons. The zero-order valence-corrected chi connectivity index (χ0v) is 11.6. The summed E-state index contributed by atoms with van der Waals surface area (Å²) in [6, 6.07) is 0. The zero-order chi connectivity index (χ0) is 14.9. The molecule has 0 spiro atoms. The number of carbonyl (C=O) groups is 1. The molecular formula is C14H17NO5. The van der Waals surface area contributed by atoms with Crippen molar-refractivity contribution in [3.05, 3.63) is 33.4 Å². The zero-order valence-electron chi connectivity index (χ0n) is 11.6. The van der Waals surface area contributed by atoms with Crippen LogP contribution in [0.4, 0.5) is 0 Å². The second kappa shape index (κ2) is 5.13. The minimum atomic E-state index is -1.20. The van der Waals surface area contributed by atoms with E-state index in [1.54, 1.807) is 13.0 Å². The summed E-state index contributed by atoms with van der Waals surface area (Å²) in [5.74, 6) is -1.06. The van der Waals surface area contributed by atoms with Crippen molar-refractivity contribution in [2.45, 2.75) is 32.4 Å². The van der Waals surface area contributed by atoms with Crippen LogP contribution >= 0.6 is 0 Å². The van der Waals surface area contributed by atoms with Crippen molar-refractivity contribution >= 4 is 12.0 Å². The van der Waals surface area contributed by atoms with Crippen molar-refractivity contribution in [2.24, 2.45) is 0 Å². The molecule has 2 N–H and O–H groups in total. The molecule has 1 atom stereocenters. The molecule has 6 heteroatoms. The van der Waals surface area contributed by atoms with Gasteiger partial charge in [0.2, 0.25) is 11.2 Å². The molecular weight excluding hydrogens is 262 g/mol. The molecule has 2 rings (SSSR count). The van der Waals surface area contributed by atoms with Gasteiger partial charge in [-0.05, 0) is 19.4 Å². The lowest BCUT2D eigenvalue weighted by Crippen LogP contribution is -2.37. The van der Waals surface area contributed by atoms with E-state index in [1.165, 1.54) is 13.2 Å². The molecule has 1 aromatic heterocycles. The maximum Gasteiger partial charge on any atom is 0.261 e. The molecule has 0 saturated carbocycles. The van der Waals surface area contributed by atoms with Crippen LogP contribution in [0, 0.1) is 0 Å². The van der Waals surface area contributed by atoms with Crippen LogP contribution < -0.4 is 10.7 Å². The topological polar surface area (TPSA) is 88.8 Å². The number of unbranched alkanes of at least 4 members (excludes halogenated alkanes) is 1. The number of hydrogen-bond donors (Lipinski definition) is 2. The Morgan fingerprint density at radius 1 is 1.45 bits per heavy atom. The molecule has 1 unspecified atom stereocenters. The van der Waals surface area contributed by atoms with E-state index >= 15 is 0 Å². The average molecular weight is 279 g/mol. The van der Waals surface area contributed by atoms with Gasteiger partial charge in [-0.1, -0.05) is 19.4 Å². The third-order valence-electron chi connectivity index (χ3n) is 3.26. The predicted molar refractivity (Wildman–Crippen MR) is 72.4 cm³/mol. The van der Waals surface area contributed by atoms with E-state index in [2.05, 4.69) is 5.32 Å². The Kier molecular flexibility index (Phi) is 3.67. The molecule has 0 saturated heterocycles. The fraction of sp³-hybridized carbons (Fsp3) is 0.429. The highest BCUT2D eigenvalue weighted by molar-refractivity contribution is 5.99. The maximum absolute atomic E-state index is 12.1. The smallest absolute Gasteiger partial charge is 0.261 e. The second-order valence-corrected chi connectivity index (χ2v) is 4.73. The first-order valence-electron chi connectivity index (χ1n) is 6.39. The van der Waals surface area contributed by atoms with Crippen molar-refractivity contribution in [3.63, 3.8) is 0 Å². The van der Waals surface area contributed by atoms with Gasteiger partial charge in [0, 0.05) is 7.11 Å². The summed E-state index contributed by atoms with van der Waals surface area (Å²) in [5, 5.41) is 12.4. The van der Waals surface area contributed by atoms with Gasteiger partial charge in [0.25, 0.3) is 5.91 Å². The van der Waals surface area contributed by atoms with Gasteiger partial charge in [-0.2, -0.15) is 0 Å². The minimum absolute atomic E-state index is 0.0296. The quantitative estimate of drug-likeness (QED) is 0.876. The van der Waals surface area contributed by atoms with Gasteiger partial charge in [0.1, 0.15) is 5.56 Å². The summed E-state index contributed by atoms with van der Waals surface area (Å²) in [7, 11) is 1.40. The van der Waals surface area contributed by atoms with Gasteiger partial charge in [0.05, 0.1) is 0 Å². The number of rotatable bonds is 4. The molecule has 0 bridgehead atoms. The second-order valence-electron chi connectivity index (χ2n) is 4.73. The Bertz CT molecular complexity index is 631. The van der Waals surface area contributed by atoms with Gasteiger partial charge in [-0.15, -0.1) is 0 Å². The van der Waals surface area contributed by atoms with Crippen LogP contribution in [0.3, 0.4) is 0 Å². The van der Waals surface area contributed by atoms with Crippen molar-refractivity contribution in [1.29, 1.82) is 0 Å². The number of amides is 1. The Morgan fingerprint density at radius 2 is 2.15 bits per heavy atom. The molecule has 1 aliphatic rings. The van der Waals surface area contributed by atoms with Gasteiger partial charge < -0.3 is 19.6 Å². The molecule has 1 amide bonds. The molecule has 2 heterocycles. The van der Waals surface area contributed by atoms with Crippen LogP contribution in [0.5, 0.6) is 5.75 Å². The van der Waals surface area contributed by atoms with Crippen LogP contribution in [0.2, 0.25) is 0 Å². The fourth-order valence-electron chi connectivity index (χ4n) is 2.03. The van der Waals surface area contributed by atoms with Crippen LogP contribution in [0.25, 0.3) is 6.08 Å². The lowest BCUT2D eigenvalue weighted by molar-refractivity contribution is -0.0313. The molecule has 1 aromatic rings. The first-order chi connectivity index (χ1) is 9.44. The third kappa shape index (κ3) is 2.12. The first kappa shape index (κ1) is 14.3. The van der Waals surface area contributed by atoms with E-state index in [0.717, 1.165) is 12.8 Å². The highest BCUT2D eigenvalue weighted by Crippen LogP contribution is 2.33. The number of ether oxygens (including phenoxy) is 1. The standard InChI is InChI=1S/C14H17NO5/c1-4-5-6-7-8-10(16)11(17)9-12(20-8)14(2,19-3)15-13(9)18/h6-7,16H,4-5H2,1-3H3,(H,15,18). The number of carbonyl (C=O) groups excluding carboxylic acids is 1. The van der Waals surface area contributed by atoms with Crippen LogP contribution in [0.15, 0.2) is 15.3 Å². The Hall–Kier alpha value is -2.08. The number of methoxy groups -OCH3 is 1. The van der Waals surface area contributed by atoms with Gasteiger partial charge in [-0.25, -0.2) is 0 Å². The molecule has 0 fully saturated rings. The van der Waals surface area contributed by atoms with Crippen LogP contribution in [0.1, 0.15) is 48.6 Å². The summed E-state index contributed by atoms with van der Waals surface area (Å²) in [6.45, 7) is 3.59. The van der Waals surface area contributed by atoms with Crippen molar-refractivity contribution in [2.75, 3.05) is 7.11 Å². The van der Waals surface area contributed by atoms with Crippen molar-refractivity contribution < 1.29 is 19.1 Å². The largest absolute Gasteiger partial charge is 0.502 e. The molecule has 0 aromatic carbocycles. The monoisotopic (exact) mass is 279 g/mol. The van der Waals surface area contributed by atoms with E-state index in [1.807, 2.05) is 6.92 Å². The van der Waals surface area contributed by atoms with E-state index < -0.39 is 22.8 Å². The average Bonchev–Trinajstić information content (AvgIpc) is 2.67. The van der Waals surface area contributed by atoms with Gasteiger partial charge in [0.15, 0.2) is 17.2 Å². The van der Waals surface area contributed by atoms with Gasteiger partial charge in [-0.3, -0.25) is 9.59 Å². The van der Waals surface area contributed by atoms with Crippen LogP contribution in [-0.2, 0) is 10.5 Å².